The minimum Gasteiger partial charge on any atom is -0.419 e. The second-order valence-corrected chi connectivity index (χ2v) is 3.52. The van der Waals surface area contributed by atoms with Crippen molar-refractivity contribution in [3.63, 3.8) is 0 Å². The topological polar surface area (TPSA) is 66.0 Å². The van der Waals surface area contributed by atoms with Crippen molar-refractivity contribution in [2.24, 2.45) is 7.05 Å². The second kappa shape index (κ2) is 4.21. The summed E-state index contributed by atoms with van der Waals surface area (Å²) >= 11 is 0. The fourth-order valence-corrected chi connectivity index (χ4v) is 1.32. The van der Waals surface area contributed by atoms with Crippen LogP contribution < -0.4 is 10.5 Å². The van der Waals surface area contributed by atoms with Crippen LogP contribution in [0.25, 0.3) is 0 Å². The Morgan fingerprint density at radius 3 is 2.50 bits per heavy atom. The first-order chi connectivity index (χ1) is 8.36. The van der Waals surface area contributed by atoms with Gasteiger partial charge in [-0.2, -0.15) is 13.2 Å². The van der Waals surface area contributed by atoms with Crippen LogP contribution in [0, 0.1) is 0 Å². The van der Waals surface area contributed by atoms with Gasteiger partial charge in [0.15, 0.2) is 0 Å². The standard InChI is InChI=1S/C10H9F3N4O/c1-17-7(10(11,12)13)4-9(16-17)18-8-3-2-6(14)5-15-8/h2-5H,14H2,1H3. The van der Waals surface area contributed by atoms with Crippen molar-refractivity contribution < 1.29 is 17.9 Å². The van der Waals surface area contributed by atoms with Gasteiger partial charge in [0.1, 0.15) is 5.69 Å². The average molecular weight is 258 g/mol. The van der Waals surface area contributed by atoms with E-state index in [9.17, 15) is 13.2 Å². The number of nitrogens with two attached hydrogens (primary N) is 1. The molecule has 8 heteroatoms. The SMILES string of the molecule is Cn1nc(Oc2ccc(N)cn2)cc1C(F)(F)F. The van der Waals surface area contributed by atoms with Crippen LogP contribution in [0.5, 0.6) is 11.8 Å². The summed E-state index contributed by atoms with van der Waals surface area (Å²) in [5, 5.41) is 3.60. The number of nitrogen functional groups attached to an aromatic ring is 1. The predicted molar refractivity (Wildman–Crippen MR) is 56.9 cm³/mol. The van der Waals surface area contributed by atoms with Crippen LogP contribution in [-0.4, -0.2) is 14.8 Å². The molecule has 0 fully saturated rings. The zero-order chi connectivity index (χ0) is 13.3. The lowest BCUT2D eigenvalue weighted by atomic mass is 10.4. The van der Waals surface area contributed by atoms with Gasteiger partial charge in [0, 0.05) is 19.2 Å². The Bertz CT molecular complexity index is 547. The Morgan fingerprint density at radius 2 is 2.00 bits per heavy atom. The monoisotopic (exact) mass is 258 g/mol. The zero-order valence-electron chi connectivity index (χ0n) is 9.27. The van der Waals surface area contributed by atoms with E-state index < -0.39 is 11.9 Å². The highest BCUT2D eigenvalue weighted by Gasteiger charge is 2.35. The number of aromatic nitrogens is 3. The molecule has 0 amide bonds. The van der Waals surface area contributed by atoms with Gasteiger partial charge in [0.25, 0.3) is 0 Å². The normalized spacial score (nSPS) is 11.6. The minimum absolute atomic E-state index is 0.121. The maximum absolute atomic E-state index is 12.5. The number of rotatable bonds is 2. The van der Waals surface area contributed by atoms with Crippen LogP contribution >= 0.6 is 0 Å². The number of anilines is 1. The van der Waals surface area contributed by atoms with E-state index in [1.807, 2.05) is 0 Å². The number of alkyl halides is 3. The predicted octanol–water partition coefficient (Wildman–Crippen LogP) is 2.21. The van der Waals surface area contributed by atoms with Crippen molar-refractivity contribution in [2.75, 3.05) is 5.73 Å². The molecule has 0 saturated carbocycles. The van der Waals surface area contributed by atoms with Crippen LogP contribution in [0.4, 0.5) is 18.9 Å². The fraction of sp³-hybridized carbons (Fsp3) is 0.200. The molecule has 0 spiro atoms. The number of pyridine rings is 1. The molecule has 2 heterocycles. The van der Waals surface area contributed by atoms with Crippen LogP contribution in [0.15, 0.2) is 24.4 Å². The van der Waals surface area contributed by atoms with Gasteiger partial charge < -0.3 is 10.5 Å². The van der Waals surface area contributed by atoms with Crippen molar-refractivity contribution in [1.82, 2.24) is 14.8 Å². The largest absolute Gasteiger partial charge is 0.433 e. The lowest BCUT2D eigenvalue weighted by Gasteiger charge is -2.04. The highest BCUT2D eigenvalue weighted by Crippen LogP contribution is 2.31. The van der Waals surface area contributed by atoms with Crippen molar-refractivity contribution in [3.05, 3.63) is 30.1 Å². The molecular formula is C10H9F3N4O. The minimum atomic E-state index is -4.47. The smallest absolute Gasteiger partial charge is 0.419 e. The lowest BCUT2D eigenvalue weighted by Crippen LogP contribution is -2.11. The maximum atomic E-state index is 12.5. The molecule has 2 aromatic heterocycles. The molecule has 2 rings (SSSR count). The Kier molecular flexibility index (Phi) is 2.85. The summed E-state index contributed by atoms with van der Waals surface area (Å²) in [6.45, 7) is 0. The fourth-order valence-electron chi connectivity index (χ4n) is 1.32. The highest BCUT2D eigenvalue weighted by molar-refractivity contribution is 5.36. The molecule has 18 heavy (non-hydrogen) atoms. The number of halogens is 3. The number of nitrogens with zero attached hydrogens (tertiary/aromatic N) is 3. The van der Waals surface area contributed by atoms with Crippen molar-refractivity contribution in [1.29, 1.82) is 0 Å². The Hall–Kier alpha value is -2.25. The number of ether oxygens (including phenoxy) is 1. The summed E-state index contributed by atoms with van der Waals surface area (Å²) in [5.41, 5.74) is 4.95. The lowest BCUT2D eigenvalue weighted by molar-refractivity contribution is -0.143. The molecule has 0 atom stereocenters. The Morgan fingerprint density at radius 1 is 1.28 bits per heavy atom. The Labute approximate surface area is 100.0 Å². The third-order valence-electron chi connectivity index (χ3n) is 2.12. The van der Waals surface area contributed by atoms with Crippen LogP contribution in [0.3, 0.4) is 0 Å². The highest BCUT2D eigenvalue weighted by atomic mass is 19.4. The molecular weight excluding hydrogens is 249 g/mol. The molecule has 0 aliphatic rings. The van der Waals surface area contributed by atoms with E-state index >= 15 is 0 Å². The third kappa shape index (κ3) is 2.53. The third-order valence-corrected chi connectivity index (χ3v) is 2.12. The van der Waals surface area contributed by atoms with E-state index in [-0.39, 0.29) is 11.8 Å². The van der Waals surface area contributed by atoms with Gasteiger partial charge in [-0.1, -0.05) is 0 Å². The van der Waals surface area contributed by atoms with Crippen LogP contribution in [-0.2, 0) is 13.2 Å². The molecule has 5 nitrogen and oxygen atoms in total. The molecule has 0 aromatic carbocycles. The summed E-state index contributed by atoms with van der Waals surface area (Å²) in [6.07, 6.45) is -3.14. The van der Waals surface area contributed by atoms with Gasteiger partial charge in [-0.25, -0.2) is 4.98 Å². The van der Waals surface area contributed by atoms with E-state index in [0.717, 1.165) is 6.07 Å². The van der Waals surface area contributed by atoms with E-state index in [1.54, 1.807) is 0 Å². The van der Waals surface area contributed by atoms with Gasteiger partial charge in [-0.05, 0) is 6.07 Å². The van der Waals surface area contributed by atoms with Gasteiger partial charge in [-0.3, -0.25) is 4.68 Å². The van der Waals surface area contributed by atoms with Crippen molar-refractivity contribution in [3.8, 4) is 11.8 Å². The van der Waals surface area contributed by atoms with Crippen molar-refractivity contribution in [2.45, 2.75) is 6.18 Å². The van der Waals surface area contributed by atoms with E-state index in [4.69, 9.17) is 10.5 Å². The molecule has 0 radical (unpaired) electrons. The average Bonchev–Trinajstić information content (AvgIpc) is 2.63. The Balaban J connectivity index is 2.23. The number of hydrogen-bond acceptors (Lipinski definition) is 4. The number of aryl methyl sites for hydroxylation is 1. The van der Waals surface area contributed by atoms with Gasteiger partial charge >= 0.3 is 6.18 Å². The van der Waals surface area contributed by atoms with Crippen molar-refractivity contribution >= 4 is 5.69 Å². The molecule has 96 valence electrons. The summed E-state index contributed by atoms with van der Waals surface area (Å²) < 4.78 is 43.3. The summed E-state index contributed by atoms with van der Waals surface area (Å²) in [6, 6.07) is 3.77. The van der Waals surface area contributed by atoms with Gasteiger partial charge in [0.05, 0.1) is 11.9 Å². The first kappa shape index (κ1) is 12.2. The molecule has 0 aliphatic carbocycles. The quantitative estimate of drug-likeness (QED) is 0.896. The molecule has 2 aromatic rings. The maximum Gasteiger partial charge on any atom is 0.433 e. The molecule has 0 aliphatic heterocycles. The van der Waals surface area contributed by atoms with E-state index in [2.05, 4.69) is 10.1 Å². The van der Waals surface area contributed by atoms with Crippen LogP contribution in [0.2, 0.25) is 0 Å². The summed E-state index contributed by atoms with van der Waals surface area (Å²) in [5.74, 6) is -0.0573. The zero-order valence-corrected chi connectivity index (χ0v) is 9.27. The number of hydrogen-bond donors (Lipinski definition) is 1. The molecule has 0 bridgehead atoms. The van der Waals surface area contributed by atoms with E-state index in [0.29, 0.717) is 10.4 Å². The molecule has 0 saturated heterocycles. The summed E-state index contributed by atoms with van der Waals surface area (Å²) in [4.78, 5) is 3.80. The molecule has 2 N–H and O–H groups in total. The van der Waals surface area contributed by atoms with Gasteiger partial charge in [0.2, 0.25) is 11.8 Å². The second-order valence-electron chi connectivity index (χ2n) is 3.52. The van der Waals surface area contributed by atoms with E-state index in [1.165, 1.54) is 25.4 Å². The molecule has 0 unspecified atom stereocenters. The first-order valence-corrected chi connectivity index (χ1v) is 4.87. The van der Waals surface area contributed by atoms with Crippen LogP contribution in [0.1, 0.15) is 5.69 Å². The summed E-state index contributed by atoms with van der Waals surface area (Å²) in [7, 11) is 1.19. The van der Waals surface area contributed by atoms with Gasteiger partial charge in [-0.15, -0.1) is 5.10 Å². The first-order valence-electron chi connectivity index (χ1n) is 4.87.